The van der Waals surface area contributed by atoms with Crippen molar-refractivity contribution in [1.29, 1.82) is 0 Å². The first-order chi connectivity index (χ1) is 24.1. The molecule has 0 saturated carbocycles. The molecular formula is C45H51BrO4. The van der Waals surface area contributed by atoms with E-state index in [0.717, 1.165) is 100 Å². The number of halogens is 1. The van der Waals surface area contributed by atoms with Gasteiger partial charge in [0.05, 0.1) is 0 Å². The smallest absolute Gasteiger partial charge is 0.135 e. The molecule has 0 aliphatic rings. The summed E-state index contributed by atoms with van der Waals surface area (Å²) in [6.45, 7) is 4.14. The van der Waals surface area contributed by atoms with Gasteiger partial charge in [-0.25, -0.2) is 0 Å². The van der Waals surface area contributed by atoms with Gasteiger partial charge in [0.15, 0.2) is 0 Å². The number of allylic oxidation sites excluding steroid dienone is 5. The number of hydrogen-bond donors (Lipinski definition) is 2. The van der Waals surface area contributed by atoms with Crippen LogP contribution >= 0.6 is 15.9 Å². The summed E-state index contributed by atoms with van der Waals surface area (Å²) >= 11 is 3.44. The molecule has 2 aromatic heterocycles. The molecule has 262 valence electrons. The third-order valence-corrected chi connectivity index (χ3v) is 8.21. The molecule has 2 heterocycles. The lowest BCUT2D eigenvalue weighted by Crippen LogP contribution is -1.84. The van der Waals surface area contributed by atoms with Crippen LogP contribution in [-0.4, -0.2) is 23.4 Å². The van der Waals surface area contributed by atoms with Gasteiger partial charge in [-0.05, 0) is 93.3 Å². The maximum Gasteiger partial charge on any atom is 0.135 e. The summed E-state index contributed by atoms with van der Waals surface area (Å²) < 4.78 is 12.9. The predicted octanol–water partition coefficient (Wildman–Crippen LogP) is 13.1. The zero-order valence-electron chi connectivity index (χ0n) is 28.1. The molecule has 0 fully saturated rings. The Morgan fingerprint density at radius 2 is 1.08 bits per heavy atom. The van der Waals surface area contributed by atoms with E-state index in [0.29, 0.717) is 6.61 Å². The van der Waals surface area contributed by atoms with Crippen LogP contribution in [0.3, 0.4) is 0 Å². The van der Waals surface area contributed by atoms with Crippen molar-refractivity contribution in [3.8, 4) is 22.6 Å². The van der Waals surface area contributed by atoms with Gasteiger partial charge in [-0.2, -0.15) is 0 Å². The lowest BCUT2D eigenvalue weighted by atomic mass is 10.1. The number of aliphatic hydroxyl groups excluding tert-OH is 2. The molecule has 4 nitrogen and oxygen atoms in total. The van der Waals surface area contributed by atoms with Crippen LogP contribution in [0.1, 0.15) is 57.9 Å². The average molecular weight is 736 g/mol. The molecule has 50 heavy (non-hydrogen) atoms. The summed E-state index contributed by atoms with van der Waals surface area (Å²) in [5.74, 6) is 1.84. The van der Waals surface area contributed by atoms with Crippen molar-refractivity contribution in [2.24, 2.45) is 0 Å². The predicted molar refractivity (Wildman–Crippen MR) is 216 cm³/mol. The summed E-state index contributed by atoms with van der Waals surface area (Å²) in [6, 6.07) is 37.1. The lowest BCUT2D eigenvalue weighted by Gasteiger charge is -1.99. The quantitative estimate of drug-likeness (QED) is 0.0863. The van der Waals surface area contributed by atoms with Crippen molar-refractivity contribution in [1.82, 2.24) is 0 Å². The van der Waals surface area contributed by atoms with E-state index in [4.69, 9.17) is 19.0 Å². The topological polar surface area (TPSA) is 66.7 Å². The summed E-state index contributed by atoms with van der Waals surface area (Å²) in [6.07, 6.45) is 18.2. The fraction of sp³-hybridized carbons (Fsp3) is 0.244. The van der Waals surface area contributed by atoms with E-state index in [1.807, 2.05) is 66.7 Å². The Labute approximate surface area is 306 Å². The van der Waals surface area contributed by atoms with Crippen LogP contribution in [0.25, 0.3) is 44.6 Å². The molecule has 0 spiro atoms. The number of unbranched alkanes of at least 4 members (excludes halogenated alkanes) is 3. The maximum atomic E-state index is 8.74. The Balaban J connectivity index is 0.000000224. The molecule has 4 aromatic carbocycles. The maximum absolute atomic E-state index is 8.74. The third kappa shape index (κ3) is 13.5. The second-order valence-electron chi connectivity index (χ2n) is 11.6. The van der Waals surface area contributed by atoms with Crippen LogP contribution < -0.4 is 0 Å². The van der Waals surface area contributed by atoms with E-state index in [1.54, 1.807) is 0 Å². The van der Waals surface area contributed by atoms with Crippen LogP contribution in [0, 0.1) is 0 Å². The summed E-state index contributed by atoms with van der Waals surface area (Å²) in [4.78, 5) is 0. The Morgan fingerprint density at radius 3 is 1.62 bits per heavy atom. The SMILES string of the molecule is Brc1ccc2cc(-c3ccccc3)oc2c1.C.C=CC/C=C/CCCO.OCCC/C=C/CCCc1ccc2cc(-c3ccccc3)oc2c1. The Kier molecular flexibility index (Phi) is 18.5. The van der Waals surface area contributed by atoms with Crippen molar-refractivity contribution in [3.63, 3.8) is 0 Å². The minimum absolute atomic E-state index is 0. The molecule has 6 aromatic rings. The molecule has 0 atom stereocenters. The van der Waals surface area contributed by atoms with Gasteiger partial charge in [0, 0.05) is 39.6 Å². The van der Waals surface area contributed by atoms with Gasteiger partial charge >= 0.3 is 0 Å². The first kappa shape index (κ1) is 40.0. The van der Waals surface area contributed by atoms with Gasteiger partial charge in [0.1, 0.15) is 22.7 Å². The van der Waals surface area contributed by atoms with Crippen LogP contribution in [-0.2, 0) is 6.42 Å². The highest BCUT2D eigenvalue weighted by Gasteiger charge is 2.07. The average Bonchev–Trinajstić information content (AvgIpc) is 3.77. The van der Waals surface area contributed by atoms with Crippen LogP contribution in [0.15, 0.2) is 159 Å². The molecule has 0 aliphatic carbocycles. The van der Waals surface area contributed by atoms with Gasteiger partial charge in [-0.1, -0.05) is 127 Å². The van der Waals surface area contributed by atoms with Gasteiger partial charge in [-0.15, -0.1) is 6.58 Å². The molecule has 0 unspecified atom stereocenters. The summed E-state index contributed by atoms with van der Waals surface area (Å²) in [7, 11) is 0. The lowest BCUT2D eigenvalue weighted by molar-refractivity contribution is 0.289. The Bertz CT molecular complexity index is 1870. The number of benzene rings is 4. The summed E-state index contributed by atoms with van der Waals surface area (Å²) in [5.41, 5.74) is 5.41. The van der Waals surface area contributed by atoms with Gasteiger partial charge in [-0.3, -0.25) is 0 Å². The first-order valence-corrected chi connectivity index (χ1v) is 17.9. The third-order valence-electron chi connectivity index (χ3n) is 7.71. The highest BCUT2D eigenvalue weighted by Crippen LogP contribution is 2.30. The Hall–Kier alpha value is -4.42. The van der Waals surface area contributed by atoms with E-state index in [-0.39, 0.29) is 14.0 Å². The minimum Gasteiger partial charge on any atom is -0.456 e. The van der Waals surface area contributed by atoms with Crippen LogP contribution in [0.4, 0.5) is 0 Å². The standard InChI is InChI=1S/C22H24O2.C14H9BrO.C8H14O.CH4/c23-15-9-4-2-1-3-6-10-18-13-14-20-17-22(24-21(20)16-18)19-11-7-5-8-12-19;15-12-7-6-11-8-13(16-14(11)9-12)10-4-2-1-3-5-10;1-2-3-4-5-6-7-8-9;/h1-2,5,7-8,11-14,16-17,23H,3-4,6,9-10,15H2;1-9H;2,4-5,9H,1,3,6-8H2;1H4/b2-1+;;5-4+;. The molecule has 0 aliphatic heterocycles. The van der Waals surface area contributed by atoms with Crippen molar-refractivity contribution in [3.05, 3.63) is 156 Å². The molecule has 2 N–H and O–H groups in total. The molecule has 0 bridgehead atoms. The highest BCUT2D eigenvalue weighted by atomic mass is 79.9. The zero-order chi connectivity index (χ0) is 34.5. The van der Waals surface area contributed by atoms with Gasteiger partial charge < -0.3 is 19.0 Å². The summed E-state index contributed by atoms with van der Waals surface area (Å²) in [5, 5.41) is 19.4. The van der Waals surface area contributed by atoms with Crippen LogP contribution in [0.5, 0.6) is 0 Å². The molecule has 0 radical (unpaired) electrons. The fourth-order valence-corrected chi connectivity index (χ4v) is 5.45. The number of furan rings is 2. The van der Waals surface area contributed by atoms with E-state index >= 15 is 0 Å². The largest absolute Gasteiger partial charge is 0.456 e. The van der Waals surface area contributed by atoms with E-state index in [9.17, 15) is 0 Å². The van der Waals surface area contributed by atoms with Crippen molar-refractivity contribution < 1.29 is 19.0 Å². The number of aryl methyl sites for hydroxylation is 1. The second-order valence-corrected chi connectivity index (χ2v) is 12.5. The highest BCUT2D eigenvalue weighted by molar-refractivity contribution is 9.10. The van der Waals surface area contributed by atoms with Crippen molar-refractivity contribution in [2.45, 2.75) is 58.8 Å². The molecule has 5 heteroatoms. The van der Waals surface area contributed by atoms with Crippen molar-refractivity contribution >= 4 is 37.9 Å². The molecule has 6 rings (SSSR count). The number of rotatable bonds is 14. The fourth-order valence-electron chi connectivity index (χ4n) is 5.11. The van der Waals surface area contributed by atoms with Crippen molar-refractivity contribution in [2.75, 3.05) is 13.2 Å². The Morgan fingerprint density at radius 1 is 0.580 bits per heavy atom. The van der Waals surface area contributed by atoms with E-state index < -0.39 is 0 Å². The number of fused-ring (bicyclic) bond motifs is 2. The van der Waals surface area contributed by atoms with Gasteiger partial charge in [0.25, 0.3) is 0 Å². The second kappa shape index (κ2) is 23.1. The monoisotopic (exact) mass is 734 g/mol. The normalized spacial score (nSPS) is 10.9. The number of hydrogen-bond acceptors (Lipinski definition) is 4. The van der Waals surface area contributed by atoms with Gasteiger partial charge in [0.2, 0.25) is 0 Å². The minimum atomic E-state index is 0. The van der Waals surface area contributed by atoms with E-state index in [1.165, 1.54) is 5.56 Å². The molecule has 0 amide bonds. The molecule has 0 saturated heterocycles. The first-order valence-electron chi connectivity index (χ1n) is 17.1. The molecular weight excluding hydrogens is 684 g/mol. The number of aliphatic hydroxyl groups is 2. The van der Waals surface area contributed by atoms with E-state index in [2.05, 4.69) is 95.3 Å². The zero-order valence-corrected chi connectivity index (χ0v) is 29.7. The van der Waals surface area contributed by atoms with Crippen LogP contribution in [0.2, 0.25) is 0 Å².